The van der Waals surface area contributed by atoms with Crippen molar-refractivity contribution >= 4 is 28.9 Å². The highest BCUT2D eigenvalue weighted by molar-refractivity contribution is 5.97. The molecule has 0 aliphatic rings. The van der Waals surface area contributed by atoms with E-state index in [-0.39, 0.29) is 11.6 Å². The summed E-state index contributed by atoms with van der Waals surface area (Å²) in [5.41, 5.74) is 0.908. The molecule has 5 nitrogen and oxygen atoms in total. The van der Waals surface area contributed by atoms with E-state index in [0.29, 0.717) is 16.9 Å². The molecule has 3 N–H and O–H groups in total. The van der Waals surface area contributed by atoms with Gasteiger partial charge >= 0.3 is 6.18 Å². The van der Waals surface area contributed by atoms with Crippen LogP contribution in [-0.4, -0.2) is 11.8 Å². The first-order valence-electron chi connectivity index (χ1n) is 9.39. The molecular weight excluding hydrogens is 407 g/mol. The van der Waals surface area contributed by atoms with Crippen LogP contribution in [0.5, 0.6) is 0 Å². The zero-order valence-electron chi connectivity index (χ0n) is 16.5. The van der Waals surface area contributed by atoms with Crippen molar-refractivity contribution in [1.29, 1.82) is 0 Å². The number of carbonyl (C=O) groups is 2. The maximum Gasteiger partial charge on any atom is 0.416 e. The summed E-state index contributed by atoms with van der Waals surface area (Å²) < 4.78 is 39.0. The van der Waals surface area contributed by atoms with Gasteiger partial charge in [-0.2, -0.15) is 13.2 Å². The van der Waals surface area contributed by atoms with Crippen molar-refractivity contribution in [3.63, 3.8) is 0 Å². The number of halogens is 3. The minimum Gasteiger partial charge on any atom is -0.370 e. The van der Waals surface area contributed by atoms with Crippen LogP contribution in [0.1, 0.15) is 24.1 Å². The van der Waals surface area contributed by atoms with Crippen molar-refractivity contribution in [1.82, 2.24) is 0 Å². The first-order valence-corrected chi connectivity index (χ1v) is 9.39. The Balaban J connectivity index is 1.86. The molecule has 0 spiro atoms. The van der Waals surface area contributed by atoms with Gasteiger partial charge in [-0.1, -0.05) is 42.5 Å². The number of rotatable bonds is 6. The number of hydrogen-bond donors (Lipinski definition) is 3. The fourth-order valence-corrected chi connectivity index (χ4v) is 2.99. The quantitative estimate of drug-likeness (QED) is 0.490. The summed E-state index contributed by atoms with van der Waals surface area (Å²) in [4.78, 5) is 24.3. The second-order valence-corrected chi connectivity index (χ2v) is 6.82. The average molecular weight is 427 g/mol. The molecule has 3 rings (SSSR count). The largest absolute Gasteiger partial charge is 0.416 e. The Bertz CT molecular complexity index is 1070. The molecule has 2 amide bonds. The SMILES string of the molecule is CC(=O)Nc1cccc(N[C@@H](C(=O)Nc2cccc(C(F)(F)F)c2)c2ccccc2)c1. The van der Waals surface area contributed by atoms with Gasteiger partial charge in [-0.3, -0.25) is 9.59 Å². The van der Waals surface area contributed by atoms with E-state index < -0.39 is 23.7 Å². The van der Waals surface area contributed by atoms with Gasteiger partial charge in [0.25, 0.3) is 5.91 Å². The number of hydrogen-bond acceptors (Lipinski definition) is 3. The topological polar surface area (TPSA) is 70.2 Å². The molecule has 0 aliphatic carbocycles. The molecule has 31 heavy (non-hydrogen) atoms. The van der Waals surface area contributed by atoms with Crippen LogP contribution in [0, 0.1) is 0 Å². The second-order valence-electron chi connectivity index (χ2n) is 6.82. The van der Waals surface area contributed by atoms with Gasteiger partial charge in [-0.25, -0.2) is 0 Å². The van der Waals surface area contributed by atoms with Crippen LogP contribution in [-0.2, 0) is 15.8 Å². The van der Waals surface area contributed by atoms with E-state index in [1.165, 1.54) is 19.1 Å². The molecule has 0 radical (unpaired) electrons. The first kappa shape index (κ1) is 21.9. The average Bonchev–Trinajstić information content (AvgIpc) is 2.72. The van der Waals surface area contributed by atoms with E-state index in [4.69, 9.17) is 0 Å². The third-order valence-corrected chi connectivity index (χ3v) is 4.35. The fourth-order valence-electron chi connectivity index (χ4n) is 2.99. The second kappa shape index (κ2) is 9.34. The minimum atomic E-state index is -4.51. The Morgan fingerprint density at radius 2 is 1.39 bits per heavy atom. The monoisotopic (exact) mass is 427 g/mol. The smallest absolute Gasteiger partial charge is 0.370 e. The zero-order chi connectivity index (χ0) is 22.4. The molecular formula is C23H20F3N3O2. The van der Waals surface area contributed by atoms with Gasteiger partial charge in [0.1, 0.15) is 6.04 Å². The molecule has 0 bridgehead atoms. The van der Waals surface area contributed by atoms with E-state index >= 15 is 0 Å². The van der Waals surface area contributed by atoms with Crippen LogP contribution in [0.15, 0.2) is 78.9 Å². The van der Waals surface area contributed by atoms with E-state index in [0.717, 1.165) is 12.1 Å². The third kappa shape index (κ3) is 6.08. The molecule has 0 aromatic heterocycles. The number of amides is 2. The summed E-state index contributed by atoms with van der Waals surface area (Å²) in [6.07, 6.45) is -4.51. The molecule has 160 valence electrons. The van der Waals surface area contributed by atoms with Gasteiger partial charge in [-0.15, -0.1) is 0 Å². The molecule has 0 saturated carbocycles. The van der Waals surface area contributed by atoms with Gasteiger partial charge in [0, 0.05) is 24.0 Å². The number of nitrogens with one attached hydrogen (secondary N) is 3. The van der Waals surface area contributed by atoms with E-state index in [1.54, 1.807) is 54.6 Å². The molecule has 0 unspecified atom stereocenters. The molecule has 3 aromatic rings. The van der Waals surface area contributed by atoms with Crippen molar-refractivity contribution in [2.24, 2.45) is 0 Å². The van der Waals surface area contributed by atoms with Crippen LogP contribution in [0.3, 0.4) is 0 Å². The van der Waals surface area contributed by atoms with Gasteiger partial charge in [0.15, 0.2) is 0 Å². The Hall–Kier alpha value is -3.81. The molecule has 8 heteroatoms. The summed E-state index contributed by atoms with van der Waals surface area (Å²) in [7, 11) is 0. The Morgan fingerprint density at radius 3 is 2.03 bits per heavy atom. The summed E-state index contributed by atoms with van der Waals surface area (Å²) in [5, 5.41) is 8.30. The van der Waals surface area contributed by atoms with Crippen molar-refractivity contribution < 1.29 is 22.8 Å². The summed E-state index contributed by atoms with van der Waals surface area (Å²) in [5.74, 6) is -0.769. The van der Waals surface area contributed by atoms with E-state index in [2.05, 4.69) is 16.0 Å². The Morgan fingerprint density at radius 1 is 0.774 bits per heavy atom. The zero-order valence-corrected chi connectivity index (χ0v) is 16.5. The number of benzene rings is 3. The normalized spacial score (nSPS) is 12.0. The van der Waals surface area contributed by atoms with Gasteiger partial charge in [0.2, 0.25) is 5.91 Å². The predicted molar refractivity (Wildman–Crippen MR) is 114 cm³/mol. The van der Waals surface area contributed by atoms with Crippen molar-refractivity contribution in [3.8, 4) is 0 Å². The van der Waals surface area contributed by atoms with E-state index in [9.17, 15) is 22.8 Å². The molecule has 0 saturated heterocycles. The Labute approximate surface area is 177 Å². The fraction of sp³-hybridized carbons (Fsp3) is 0.130. The van der Waals surface area contributed by atoms with Crippen molar-refractivity contribution in [2.45, 2.75) is 19.1 Å². The lowest BCUT2D eigenvalue weighted by atomic mass is 10.1. The van der Waals surface area contributed by atoms with Gasteiger partial charge in [0.05, 0.1) is 5.56 Å². The molecule has 0 fully saturated rings. The van der Waals surface area contributed by atoms with Crippen molar-refractivity contribution in [2.75, 3.05) is 16.0 Å². The number of alkyl halides is 3. The van der Waals surface area contributed by atoms with Crippen LogP contribution in [0.25, 0.3) is 0 Å². The highest BCUT2D eigenvalue weighted by atomic mass is 19.4. The van der Waals surface area contributed by atoms with Crippen LogP contribution >= 0.6 is 0 Å². The first-order chi connectivity index (χ1) is 14.7. The van der Waals surface area contributed by atoms with Crippen LogP contribution < -0.4 is 16.0 Å². The van der Waals surface area contributed by atoms with Crippen LogP contribution in [0.2, 0.25) is 0 Å². The predicted octanol–water partition coefficient (Wildman–Crippen LogP) is 5.46. The van der Waals surface area contributed by atoms with Gasteiger partial charge in [-0.05, 0) is 42.0 Å². The van der Waals surface area contributed by atoms with Crippen LogP contribution in [0.4, 0.5) is 30.2 Å². The molecule has 1 atom stereocenters. The summed E-state index contributed by atoms with van der Waals surface area (Å²) >= 11 is 0. The molecule has 0 heterocycles. The Kier molecular flexibility index (Phi) is 6.59. The lowest BCUT2D eigenvalue weighted by molar-refractivity contribution is -0.137. The molecule has 3 aromatic carbocycles. The maximum absolute atomic E-state index is 13.0. The minimum absolute atomic E-state index is 0.0366. The van der Waals surface area contributed by atoms with Crippen molar-refractivity contribution in [3.05, 3.63) is 90.0 Å². The lowest BCUT2D eigenvalue weighted by Gasteiger charge is -2.21. The van der Waals surface area contributed by atoms with Gasteiger partial charge < -0.3 is 16.0 Å². The third-order valence-electron chi connectivity index (χ3n) is 4.35. The highest BCUT2D eigenvalue weighted by Crippen LogP contribution is 2.31. The maximum atomic E-state index is 13.0. The number of anilines is 3. The summed E-state index contributed by atoms with van der Waals surface area (Å²) in [6.45, 7) is 1.38. The molecule has 0 aliphatic heterocycles. The van der Waals surface area contributed by atoms with E-state index in [1.807, 2.05) is 0 Å². The standard InChI is InChI=1S/C23H20F3N3O2/c1-15(30)27-19-11-6-12-20(14-19)28-21(16-7-3-2-4-8-16)22(31)29-18-10-5-9-17(13-18)23(24,25)26/h2-14,21,28H,1H3,(H,27,30)(H,29,31)/t21-/m1/s1. The lowest BCUT2D eigenvalue weighted by Crippen LogP contribution is -2.27. The highest BCUT2D eigenvalue weighted by Gasteiger charge is 2.30. The summed E-state index contributed by atoms with van der Waals surface area (Å²) in [6, 6.07) is 19.2. The number of carbonyl (C=O) groups excluding carboxylic acids is 2.